The van der Waals surface area contributed by atoms with Gasteiger partial charge in [-0.05, 0) is 49.7 Å². The molecule has 1 aromatic heterocycles. The van der Waals surface area contributed by atoms with Gasteiger partial charge in [-0.1, -0.05) is 11.6 Å². The van der Waals surface area contributed by atoms with Gasteiger partial charge in [0.15, 0.2) is 5.96 Å². The quantitative estimate of drug-likeness (QED) is 0.493. The third-order valence-corrected chi connectivity index (χ3v) is 4.74. The lowest BCUT2D eigenvalue weighted by atomic mass is 10.1. The van der Waals surface area contributed by atoms with E-state index in [1.165, 1.54) is 0 Å². The minimum absolute atomic E-state index is 0.0559. The Hall–Kier alpha value is -2.18. The lowest BCUT2D eigenvalue weighted by molar-refractivity contribution is 0.186. The van der Waals surface area contributed by atoms with E-state index in [0.717, 1.165) is 56.6 Å². The van der Waals surface area contributed by atoms with E-state index in [9.17, 15) is 0 Å². The number of rotatable bonds is 9. The molecule has 1 aliphatic rings. The second kappa shape index (κ2) is 11.0. The summed E-state index contributed by atoms with van der Waals surface area (Å²) >= 11 is 5.92. The lowest BCUT2D eigenvalue weighted by Gasteiger charge is -2.17. The summed E-state index contributed by atoms with van der Waals surface area (Å²) in [6.45, 7) is 5.79. The number of hydrogen-bond acceptors (Lipinski definition) is 4. The molecule has 152 valence electrons. The SMILES string of the molecule is CC(CN=C(NCCc1ccco1)NCC1CCOC1)Oc1ccc(Cl)cc1. The van der Waals surface area contributed by atoms with Crippen molar-refractivity contribution < 1.29 is 13.9 Å². The first-order valence-electron chi connectivity index (χ1n) is 9.73. The number of halogens is 1. The summed E-state index contributed by atoms with van der Waals surface area (Å²) in [5.74, 6) is 3.05. The molecule has 7 heteroatoms. The zero-order valence-corrected chi connectivity index (χ0v) is 17.0. The van der Waals surface area contributed by atoms with E-state index in [1.807, 2.05) is 43.3 Å². The number of hydrogen-bond donors (Lipinski definition) is 2. The highest BCUT2D eigenvalue weighted by Gasteiger charge is 2.16. The van der Waals surface area contributed by atoms with Gasteiger partial charge in [0, 0.05) is 37.1 Å². The summed E-state index contributed by atoms with van der Waals surface area (Å²) in [6.07, 6.45) is 3.53. The molecule has 3 rings (SSSR count). The number of nitrogens with zero attached hydrogens (tertiary/aromatic N) is 1. The molecular weight excluding hydrogens is 378 g/mol. The molecule has 1 saturated heterocycles. The molecule has 1 fully saturated rings. The summed E-state index contributed by atoms with van der Waals surface area (Å²) in [6, 6.07) is 11.2. The fourth-order valence-corrected chi connectivity index (χ4v) is 3.05. The normalized spacial score (nSPS) is 18.1. The van der Waals surface area contributed by atoms with Crippen LogP contribution < -0.4 is 15.4 Å². The van der Waals surface area contributed by atoms with Crippen LogP contribution in [0.3, 0.4) is 0 Å². The smallest absolute Gasteiger partial charge is 0.191 e. The van der Waals surface area contributed by atoms with Crippen molar-refractivity contribution in [3.63, 3.8) is 0 Å². The van der Waals surface area contributed by atoms with E-state index in [-0.39, 0.29) is 6.10 Å². The summed E-state index contributed by atoms with van der Waals surface area (Å²) < 4.78 is 16.7. The minimum atomic E-state index is -0.0559. The van der Waals surface area contributed by atoms with Crippen molar-refractivity contribution in [2.24, 2.45) is 10.9 Å². The molecular formula is C21H28ClN3O3. The van der Waals surface area contributed by atoms with Gasteiger partial charge in [-0.2, -0.15) is 0 Å². The molecule has 0 spiro atoms. The van der Waals surface area contributed by atoms with Crippen molar-refractivity contribution >= 4 is 17.6 Å². The highest BCUT2D eigenvalue weighted by atomic mass is 35.5. The van der Waals surface area contributed by atoms with Crippen LogP contribution in [0.15, 0.2) is 52.1 Å². The second-order valence-corrected chi connectivity index (χ2v) is 7.37. The Kier molecular flexibility index (Phi) is 8.06. The number of guanidine groups is 1. The highest BCUT2D eigenvalue weighted by Crippen LogP contribution is 2.16. The Bertz CT molecular complexity index is 713. The molecule has 2 atom stereocenters. The van der Waals surface area contributed by atoms with Crippen molar-refractivity contribution in [3.8, 4) is 5.75 Å². The Labute approximate surface area is 171 Å². The lowest BCUT2D eigenvalue weighted by Crippen LogP contribution is -2.41. The first-order chi connectivity index (χ1) is 13.7. The molecule has 28 heavy (non-hydrogen) atoms. The van der Waals surface area contributed by atoms with Crippen LogP contribution >= 0.6 is 11.6 Å². The first-order valence-corrected chi connectivity index (χ1v) is 10.1. The zero-order chi connectivity index (χ0) is 19.6. The highest BCUT2D eigenvalue weighted by molar-refractivity contribution is 6.30. The van der Waals surface area contributed by atoms with Gasteiger partial charge >= 0.3 is 0 Å². The van der Waals surface area contributed by atoms with Gasteiger partial charge in [-0.3, -0.25) is 0 Å². The van der Waals surface area contributed by atoms with Crippen molar-refractivity contribution in [1.29, 1.82) is 0 Å². The Morgan fingerprint density at radius 2 is 2.14 bits per heavy atom. The second-order valence-electron chi connectivity index (χ2n) is 6.94. The third kappa shape index (κ3) is 7.09. The number of furan rings is 1. The number of aliphatic imine (C=N–C) groups is 1. The number of ether oxygens (including phenoxy) is 2. The predicted octanol–water partition coefficient (Wildman–Crippen LogP) is 3.51. The fourth-order valence-electron chi connectivity index (χ4n) is 2.92. The molecule has 0 amide bonds. The van der Waals surface area contributed by atoms with E-state index in [2.05, 4.69) is 15.6 Å². The summed E-state index contributed by atoms with van der Waals surface area (Å²) in [5.41, 5.74) is 0. The van der Waals surface area contributed by atoms with Gasteiger partial charge in [-0.25, -0.2) is 4.99 Å². The Morgan fingerprint density at radius 1 is 1.29 bits per heavy atom. The van der Waals surface area contributed by atoms with Gasteiger partial charge in [0.2, 0.25) is 0 Å². The fraction of sp³-hybridized carbons (Fsp3) is 0.476. The molecule has 1 aromatic carbocycles. The van der Waals surface area contributed by atoms with Gasteiger partial charge in [-0.15, -0.1) is 0 Å². The van der Waals surface area contributed by atoms with Crippen LogP contribution in [0.2, 0.25) is 5.02 Å². The maximum absolute atomic E-state index is 5.92. The standard InChI is InChI=1S/C21H28ClN3O3/c1-16(28-20-6-4-18(22)5-7-20)13-24-21(25-14-17-9-12-26-15-17)23-10-8-19-3-2-11-27-19/h2-7,11,16-17H,8-10,12-15H2,1H3,(H2,23,24,25). The van der Waals surface area contributed by atoms with Crippen LogP contribution in [0.1, 0.15) is 19.1 Å². The van der Waals surface area contributed by atoms with E-state index in [1.54, 1.807) is 6.26 Å². The molecule has 2 aromatic rings. The topological polar surface area (TPSA) is 68.0 Å². The molecule has 0 radical (unpaired) electrons. The zero-order valence-electron chi connectivity index (χ0n) is 16.2. The van der Waals surface area contributed by atoms with Crippen LogP contribution in [0.5, 0.6) is 5.75 Å². The molecule has 6 nitrogen and oxygen atoms in total. The van der Waals surface area contributed by atoms with Crippen molar-refractivity contribution in [1.82, 2.24) is 10.6 Å². The monoisotopic (exact) mass is 405 g/mol. The van der Waals surface area contributed by atoms with E-state index in [0.29, 0.717) is 17.5 Å². The molecule has 2 unspecified atom stereocenters. The molecule has 2 heterocycles. The van der Waals surface area contributed by atoms with Gasteiger partial charge in [0.1, 0.15) is 17.6 Å². The minimum Gasteiger partial charge on any atom is -0.489 e. The summed E-state index contributed by atoms with van der Waals surface area (Å²) in [4.78, 5) is 4.69. The molecule has 0 bridgehead atoms. The third-order valence-electron chi connectivity index (χ3n) is 4.48. The van der Waals surface area contributed by atoms with Gasteiger partial charge < -0.3 is 24.5 Å². The molecule has 2 N–H and O–H groups in total. The van der Waals surface area contributed by atoms with Crippen LogP contribution in [-0.4, -0.2) is 44.9 Å². The van der Waals surface area contributed by atoms with Crippen LogP contribution in [0.4, 0.5) is 0 Å². The summed E-state index contributed by atoms with van der Waals surface area (Å²) in [7, 11) is 0. The van der Waals surface area contributed by atoms with E-state index >= 15 is 0 Å². The van der Waals surface area contributed by atoms with Crippen molar-refractivity contribution in [2.45, 2.75) is 25.9 Å². The largest absolute Gasteiger partial charge is 0.489 e. The van der Waals surface area contributed by atoms with Crippen LogP contribution in [0, 0.1) is 5.92 Å². The number of nitrogens with one attached hydrogen (secondary N) is 2. The average molecular weight is 406 g/mol. The van der Waals surface area contributed by atoms with Gasteiger partial charge in [0.25, 0.3) is 0 Å². The number of benzene rings is 1. The molecule has 0 aliphatic carbocycles. The van der Waals surface area contributed by atoms with Gasteiger partial charge in [0.05, 0.1) is 19.4 Å². The average Bonchev–Trinajstić information content (AvgIpc) is 3.39. The maximum atomic E-state index is 5.92. The van der Waals surface area contributed by atoms with Crippen molar-refractivity contribution in [3.05, 3.63) is 53.4 Å². The summed E-state index contributed by atoms with van der Waals surface area (Å²) in [5, 5.41) is 7.49. The Balaban J connectivity index is 1.49. The predicted molar refractivity (Wildman–Crippen MR) is 111 cm³/mol. The Morgan fingerprint density at radius 3 is 2.86 bits per heavy atom. The van der Waals surface area contributed by atoms with Crippen molar-refractivity contribution in [2.75, 3.05) is 32.8 Å². The maximum Gasteiger partial charge on any atom is 0.191 e. The first kappa shape index (κ1) is 20.6. The molecule has 1 aliphatic heterocycles. The van der Waals surface area contributed by atoms with E-state index in [4.69, 9.17) is 25.5 Å². The van der Waals surface area contributed by atoms with Crippen LogP contribution in [-0.2, 0) is 11.2 Å². The van der Waals surface area contributed by atoms with E-state index < -0.39 is 0 Å². The molecule has 0 saturated carbocycles. The van der Waals surface area contributed by atoms with Crippen LogP contribution in [0.25, 0.3) is 0 Å².